The summed E-state index contributed by atoms with van der Waals surface area (Å²) in [5.74, 6) is 4.33. The van der Waals surface area contributed by atoms with Gasteiger partial charge in [0.25, 0.3) is 0 Å². The minimum Gasteiger partial charge on any atom is -0.325 e. The summed E-state index contributed by atoms with van der Waals surface area (Å²) in [6.07, 6.45) is 9.62. The van der Waals surface area contributed by atoms with Gasteiger partial charge in [0.1, 0.15) is 5.82 Å². The number of hydrogen-bond acceptors (Lipinski definition) is 4. The molecule has 0 spiro atoms. The van der Waals surface area contributed by atoms with E-state index in [1.807, 2.05) is 18.2 Å². The zero-order valence-electron chi connectivity index (χ0n) is 19.0. The zero-order valence-corrected chi connectivity index (χ0v) is 19.8. The molecule has 1 aromatic carbocycles. The second-order valence-electron chi connectivity index (χ2n) is 10.4. The first-order chi connectivity index (χ1) is 14.9. The highest BCUT2D eigenvalue weighted by Crippen LogP contribution is 2.61. The first kappa shape index (κ1) is 21.0. The Bertz CT molecular complexity index is 947. The summed E-state index contributed by atoms with van der Waals surface area (Å²) in [6, 6.07) is 6.03. The van der Waals surface area contributed by atoms with Crippen LogP contribution in [-0.2, 0) is 17.8 Å². The lowest BCUT2D eigenvalue weighted by Gasteiger charge is -2.56. The van der Waals surface area contributed by atoms with Crippen molar-refractivity contribution in [2.75, 3.05) is 11.1 Å². The van der Waals surface area contributed by atoms with E-state index in [1.165, 1.54) is 61.4 Å². The molecule has 0 atom stereocenters. The van der Waals surface area contributed by atoms with Crippen molar-refractivity contribution in [1.82, 2.24) is 14.8 Å². The predicted molar refractivity (Wildman–Crippen MR) is 125 cm³/mol. The average Bonchev–Trinajstić information content (AvgIpc) is 3.09. The summed E-state index contributed by atoms with van der Waals surface area (Å²) in [7, 11) is 0. The van der Waals surface area contributed by atoms with Crippen LogP contribution in [0.5, 0.6) is 0 Å². The molecule has 4 fully saturated rings. The van der Waals surface area contributed by atoms with Crippen molar-refractivity contribution in [3.05, 3.63) is 35.2 Å². The van der Waals surface area contributed by atoms with Crippen molar-refractivity contribution in [3.63, 3.8) is 0 Å². The Labute approximate surface area is 189 Å². The van der Waals surface area contributed by atoms with Crippen molar-refractivity contribution in [3.8, 4) is 0 Å². The van der Waals surface area contributed by atoms with Crippen LogP contribution in [0.25, 0.3) is 0 Å². The number of nitrogens with one attached hydrogen (secondary N) is 1. The molecule has 6 rings (SSSR count). The van der Waals surface area contributed by atoms with Gasteiger partial charge in [-0.15, -0.1) is 10.2 Å². The van der Waals surface area contributed by atoms with Crippen molar-refractivity contribution in [2.24, 2.45) is 23.2 Å². The quantitative estimate of drug-likeness (QED) is 0.588. The summed E-state index contributed by atoms with van der Waals surface area (Å²) in [4.78, 5) is 12.5. The Morgan fingerprint density at radius 2 is 1.77 bits per heavy atom. The Hall–Kier alpha value is -1.82. The van der Waals surface area contributed by atoms with Gasteiger partial charge in [0.2, 0.25) is 5.91 Å². The molecule has 1 N–H and O–H groups in total. The number of carbonyl (C=O) groups excluding carboxylic acids is 1. The van der Waals surface area contributed by atoms with E-state index in [-0.39, 0.29) is 5.91 Å². The molecular formula is C25H34N4OS. The van der Waals surface area contributed by atoms with Crippen molar-refractivity contribution in [1.29, 1.82) is 0 Å². The van der Waals surface area contributed by atoms with Gasteiger partial charge in [-0.2, -0.15) is 0 Å². The Morgan fingerprint density at radius 3 is 2.39 bits per heavy atom. The second kappa shape index (κ2) is 8.27. The molecule has 0 aliphatic heterocycles. The average molecular weight is 439 g/mol. The van der Waals surface area contributed by atoms with E-state index < -0.39 is 0 Å². The van der Waals surface area contributed by atoms with Gasteiger partial charge in [-0.1, -0.05) is 17.8 Å². The number of aryl methyl sites for hydroxylation is 2. The van der Waals surface area contributed by atoms with Gasteiger partial charge in [0, 0.05) is 18.7 Å². The van der Waals surface area contributed by atoms with Gasteiger partial charge in [0.15, 0.2) is 5.16 Å². The van der Waals surface area contributed by atoms with Crippen LogP contribution in [0.2, 0.25) is 0 Å². The number of carbonyl (C=O) groups is 1. The summed E-state index contributed by atoms with van der Waals surface area (Å²) >= 11 is 1.50. The minimum atomic E-state index is 0.00143. The first-order valence-electron chi connectivity index (χ1n) is 11.8. The maximum Gasteiger partial charge on any atom is 0.234 e. The number of benzene rings is 1. The van der Waals surface area contributed by atoms with E-state index in [0.717, 1.165) is 47.4 Å². The second-order valence-corrected chi connectivity index (χ2v) is 11.3. The number of thioether (sulfide) groups is 1. The fraction of sp³-hybridized carbons (Fsp3) is 0.640. The molecule has 1 aromatic heterocycles. The van der Waals surface area contributed by atoms with E-state index in [9.17, 15) is 4.79 Å². The minimum absolute atomic E-state index is 0.00143. The van der Waals surface area contributed by atoms with E-state index in [4.69, 9.17) is 0 Å². The fourth-order valence-electron chi connectivity index (χ4n) is 6.86. The number of hydrogen-bond donors (Lipinski definition) is 1. The number of aromatic nitrogens is 3. The van der Waals surface area contributed by atoms with E-state index >= 15 is 0 Å². The lowest BCUT2D eigenvalue weighted by Crippen LogP contribution is -2.47. The normalized spacial score (nSPS) is 28.8. The van der Waals surface area contributed by atoms with Gasteiger partial charge in [-0.25, -0.2) is 0 Å². The highest BCUT2D eigenvalue weighted by Gasteiger charge is 2.51. The van der Waals surface area contributed by atoms with Crippen LogP contribution < -0.4 is 5.32 Å². The molecule has 0 unspecified atom stereocenters. The van der Waals surface area contributed by atoms with E-state index in [1.54, 1.807) is 0 Å². The van der Waals surface area contributed by atoms with Crippen LogP contribution in [0, 0.1) is 37.0 Å². The van der Waals surface area contributed by atoms with E-state index in [2.05, 4.69) is 40.9 Å². The first-order valence-corrected chi connectivity index (χ1v) is 12.8. The van der Waals surface area contributed by atoms with Crippen molar-refractivity contribution >= 4 is 23.4 Å². The summed E-state index contributed by atoms with van der Waals surface area (Å²) in [5.41, 5.74) is 3.73. The summed E-state index contributed by atoms with van der Waals surface area (Å²) < 4.78 is 2.24. The molecule has 166 valence electrons. The number of nitrogens with zero attached hydrogens (tertiary/aromatic N) is 3. The molecule has 0 saturated heterocycles. The molecule has 6 heteroatoms. The molecule has 4 aliphatic rings. The molecular weight excluding hydrogens is 404 g/mol. The molecule has 5 nitrogen and oxygen atoms in total. The third-order valence-electron chi connectivity index (χ3n) is 7.93. The topological polar surface area (TPSA) is 59.8 Å². The maximum absolute atomic E-state index is 12.5. The van der Waals surface area contributed by atoms with Gasteiger partial charge in [-0.05, 0) is 106 Å². The Kier molecular flexibility index (Phi) is 5.61. The largest absolute Gasteiger partial charge is 0.325 e. The molecule has 4 bridgehead atoms. The van der Waals surface area contributed by atoms with Crippen LogP contribution in [0.15, 0.2) is 23.4 Å². The van der Waals surface area contributed by atoms with Crippen LogP contribution in [0.4, 0.5) is 5.69 Å². The molecule has 31 heavy (non-hydrogen) atoms. The van der Waals surface area contributed by atoms with Crippen LogP contribution in [0.3, 0.4) is 0 Å². The van der Waals surface area contributed by atoms with Gasteiger partial charge >= 0.3 is 0 Å². The standard InChI is InChI=1S/C25H34N4OS/c1-4-29-22(14-25-11-18-8-19(12-25)10-20(9-18)13-25)27-28-24(29)31-15-23(30)26-21-6-5-16(2)17(3)7-21/h5-7,18-20H,4,8-15H2,1-3H3,(H,26,30). The van der Waals surface area contributed by atoms with Crippen LogP contribution in [-0.4, -0.2) is 26.4 Å². The fourth-order valence-corrected chi connectivity index (χ4v) is 7.68. The zero-order chi connectivity index (χ0) is 21.6. The highest BCUT2D eigenvalue weighted by molar-refractivity contribution is 7.99. The van der Waals surface area contributed by atoms with Gasteiger partial charge in [-0.3, -0.25) is 4.79 Å². The maximum atomic E-state index is 12.5. The molecule has 1 heterocycles. The third-order valence-corrected chi connectivity index (χ3v) is 8.90. The van der Waals surface area contributed by atoms with Gasteiger partial charge < -0.3 is 9.88 Å². The Morgan fingerprint density at radius 1 is 1.10 bits per heavy atom. The van der Waals surface area contributed by atoms with Crippen LogP contribution >= 0.6 is 11.8 Å². The number of anilines is 1. The predicted octanol–water partition coefficient (Wildman–Crippen LogP) is 5.40. The molecule has 4 saturated carbocycles. The molecule has 1 amide bonds. The number of amides is 1. The van der Waals surface area contributed by atoms with Gasteiger partial charge in [0.05, 0.1) is 5.75 Å². The number of rotatable bonds is 7. The SMILES string of the molecule is CCn1c(CC23CC4CC(CC(C4)C2)C3)nnc1SCC(=O)Nc1ccc(C)c(C)c1. The molecule has 4 aliphatic carbocycles. The molecule has 2 aromatic rings. The van der Waals surface area contributed by atoms with Crippen molar-refractivity contribution < 1.29 is 4.79 Å². The van der Waals surface area contributed by atoms with Crippen LogP contribution in [0.1, 0.15) is 62.4 Å². The van der Waals surface area contributed by atoms with E-state index in [0.29, 0.717) is 11.2 Å². The Balaban J connectivity index is 1.23. The third kappa shape index (κ3) is 4.28. The summed E-state index contributed by atoms with van der Waals surface area (Å²) in [5, 5.41) is 13.0. The summed E-state index contributed by atoms with van der Waals surface area (Å²) in [6.45, 7) is 7.16. The monoisotopic (exact) mass is 438 g/mol. The smallest absolute Gasteiger partial charge is 0.234 e. The lowest BCUT2D eigenvalue weighted by atomic mass is 9.49. The molecule has 0 radical (unpaired) electrons. The highest BCUT2D eigenvalue weighted by atomic mass is 32.2. The lowest BCUT2D eigenvalue weighted by molar-refractivity contribution is -0.113. The van der Waals surface area contributed by atoms with Crippen molar-refractivity contribution in [2.45, 2.75) is 77.4 Å².